The molecule has 1 amide bonds. The molecule has 4 heteroatoms. The van der Waals surface area contributed by atoms with E-state index in [-0.39, 0.29) is 17.8 Å². The Balaban J connectivity index is 2.34. The highest BCUT2D eigenvalue weighted by atomic mass is 19.1. The molecule has 0 fully saturated rings. The number of halogens is 1. The zero-order valence-corrected chi connectivity index (χ0v) is 8.53. The van der Waals surface area contributed by atoms with Crippen molar-refractivity contribution in [3.8, 4) is 0 Å². The van der Waals surface area contributed by atoms with E-state index in [1.54, 1.807) is 6.07 Å². The highest BCUT2D eigenvalue weighted by Gasteiger charge is 2.27. The summed E-state index contributed by atoms with van der Waals surface area (Å²) in [5.41, 5.74) is 7.23. The molecule has 0 bridgehead atoms. The Morgan fingerprint density at radius 2 is 2.27 bits per heavy atom. The van der Waals surface area contributed by atoms with Crippen LogP contribution in [0.3, 0.4) is 0 Å². The van der Waals surface area contributed by atoms with E-state index in [0.717, 1.165) is 11.1 Å². The minimum absolute atomic E-state index is 0.262. The van der Waals surface area contributed by atoms with Crippen molar-refractivity contribution in [3.63, 3.8) is 0 Å². The van der Waals surface area contributed by atoms with E-state index in [2.05, 4.69) is 0 Å². The molecule has 1 aliphatic heterocycles. The molecule has 0 aromatic heterocycles. The highest BCUT2D eigenvalue weighted by Crippen LogP contribution is 2.22. The van der Waals surface area contributed by atoms with Gasteiger partial charge in [-0.1, -0.05) is 6.07 Å². The first-order valence-electron chi connectivity index (χ1n) is 4.85. The lowest BCUT2D eigenvalue weighted by atomic mass is 9.94. The lowest BCUT2D eigenvalue weighted by molar-refractivity contribution is -0.123. The summed E-state index contributed by atoms with van der Waals surface area (Å²) in [6.45, 7) is 0.642. The molecule has 1 heterocycles. The fourth-order valence-corrected chi connectivity index (χ4v) is 2.00. The number of rotatable bonds is 1. The predicted octanol–water partition coefficient (Wildman–Crippen LogP) is 0.668. The Kier molecular flexibility index (Phi) is 2.44. The lowest BCUT2D eigenvalue weighted by Crippen LogP contribution is -2.46. The second-order valence-electron chi connectivity index (χ2n) is 3.95. The van der Waals surface area contributed by atoms with Crippen LogP contribution in [0.2, 0.25) is 0 Å². The quantitative estimate of drug-likeness (QED) is 0.737. The molecule has 0 radical (unpaired) electrons. The van der Waals surface area contributed by atoms with Crippen molar-refractivity contribution in [2.24, 2.45) is 5.73 Å². The van der Waals surface area contributed by atoms with Crippen molar-refractivity contribution in [2.75, 3.05) is 7.05 Å². The zero-order valence-electron chi connectivity index (χ0n) is 8.53. The molecule has 1 atom stereocenters. The maximum atomic E-state index is 13.0. The van der Waals surface area contributed by atoms with Gasteiger partial charge in [-0.15, -0.1) is 0 Å². The standard InChI is InChI=1S/C11H13FN2O/c1-14-6-7-2-3-9(12)4-8(7)5-10(14)11(13)15/h2-4,10H,5-6H2,1H3,(H2,13,15). The summed E-state index contributed by atoms with van der Waals surface area (Å²) in [6.07, 6.45) is 0.499. The minimum Gasteiger partial charge on any atom is -0.368 e. The van der Waals surface area contributed by atoms with Crippen molar-refractivity contribution in [3.05, 3.63) is 35.1 Å². The summed E-state index contributed by atoms with van der Waals surface area (Å²) in [4.78, 5) is 13.0. The van der Waals surface area contributed by atoms with Crippen molar-refractivity contribution in [1.29, 1.82) is 0 Å². The maximum absolute atomic E-state index is 13.0. The Morgan fingerprint density at radius 1 is 1.53 bits per heavy atom. The second kappa shape index (κ2) is 3.62. The van der Waals surface area contributed by atoms with E-state index >= 15 is 0 Å². The van der Waals surface area contributed by atoms with Crippen molar-refractivity contribution in [1.82, 2.24) is 4.90 Å². The van der Waals surface area contributed by atoms with Gasteiger partial charge in [0, 0.05) is 6.54 Å². The van der Waals surface area contributed by atoms with Crippen LogP contribution in [0.4, 0.5) is 4.39 Å². The number of carbonyl (C=O) groups excluding carboxylic acids is 1. The molecule has 3 nitrogen and oxygen atoms in total. The summed E-state index contributed by atoms with van der Waals surface area (Å²) in [5, 5.41) is 0. The number of carbonyl (C=O) groups is 1. The van der Waals surface area contributed by atoms with Crippen LogP contribution in [0.25, 0.3) is 0 Å². The summed E-state index contributed by atoms with van der Waals surface area (Å²) >= 11 is 0. The molecule has 0 saturated carbocycles. The van der Waals surface area contributed by atoms with Gasteiger partial charge >= 0.3 is 0 Å². The number of nitrogens with zero attached hydrogens (tertiary/aromatic N) is 1. The van der Waals surface area contributed by atoms with E-state index in [1.165, 1.54) is 12.1 Å². The van der Waals surface area contributed by atoms with E-state index < -0.39 is 0 Å². The molecule has 0 saturated heterocycles. The first-order chi connectivity index (χ1) is 7.08. The third kappa shape index (κ3) is 1.85. The topological polar surface area (TPSA) is 46.3 Å². The van der Waals surface area contributed by atoms with Gasteiger partial charge in [-0.25, -0.2) is 4.39 Å². The van der Waals surface area contributed by atoms with Crippen LogP contribution in [-0.4, -0.2) is 23.9 Å². The van der Waals surface area contributed by atoms with Gasteiger partial charge in [0.05, 0.1) is 6.04 Å². The molecule has 80 valence electrons. The highest BCUT2D eigenvalue weighted by molar-refractivity contribution is 5.80. The predicted molar refractivity (Wildman–Crippen MR) is 54.6 cm³/mol. The monoisotopic (exact) mass is 208 g/mol. The Labute approximate surface area is 87.7 Å². The minimum atomic E-state index is -0.354. The second-order valence-corrected chi connectivity index (χ2v) is 3.95. The molecular weight excluding hydrogens is 195 g/mol. The van der Waals surface area contributed by atoms with Gasteiger partial charge in [-0.2, -0.15) is 0 Å². The number of hydrogen-bond donors (Lipinski definition) is 1. The van der Waals surface area contributed by atoms with Crippen LogP contribution in [-0.2, 0) is 17.8 Å². The smallest absolute Gasteiger partial charge is 0.235 e. The third-order valence-corrected chi connectivity index (χ3v) is 2.86. The molecule has 2 rings (SSSR count). The van der Waals surface area contributed by atoms with E-state index in [9.17, 15) is 9.18 Å². The summed E-state index contributed by atoms with van der Waals surface area (Å²) in [7, 11) is 1.85. The van der Waals surface area contributed by atoms with Crippen LogP contribution in [0, 0.1) is 5.82 Å². The van der Waals surface area contributed by atoms with Gasteiger partial charge in [0.15, 0.2) is 0 Å². The average Bonchev–Trinajstić information content (AvgIpc) is 2.17. The molecule has 1 aromatic carbocycles. The first-order valence-corrected chi connectivity index (χ1v) is 4.85. The van der Waals surface area contributed by atoms with Crippen LogP contribution < -0.4 is 5.73 Å². The lowest BCUT2D eigenvalue weighted by Gasteiger charge is -2.31. The number of primary amides is 1. The largest absolute Gasteiger partial charge is 0.368 e. The Bertz CT molecular complexity index is 406. The maximum Gasteiger partial charge on any atom is 0.235 e. The molecule has 0 spiro atoms. The van der Waals surface area contributed by atoms with Gasteiger partial charge < -0.3 is 5.73 Å². The van der Waals surface area contributed by atoms with Crippen LogP contribution >= 0.6 is 0 Å². The number of nitrogens with two attached hydrogens (primary N) is 1. The van der Waals surface area contributed by atoms with E-state index in [0.29, 0.717) is 13.0 Å². The fraction of sp³-hybridized carbons (Fsp3) is 0.364. The molecule has 1 aromatic rings. The first kappa shape index (κ1) is 10.1. The summed E-state index contributed by atoms with van der Waals surface area (Å²) in [6, 6.07) is 4.37. The van der Waals surface area contributed by atoms with Crippen LogP contribution in [0.5, 0.6) is 0 Å². The molecule has 2 N–H and O–H groups in total. The number of hydrogen-bond acceptors (Lipinski definition) is 2. The molecule has 1 aliphatic rings. The fourth-order valence-electron chi connectivity index (χ4n) is 2.00. The van der Waals surface area contributed by atoms with E-state index in [4.69, 9.17) is 5.73 Å². The number of amides is 1. The van der Waals surface area contributed by atoms with Crippen LogP contribution in [0.1, 0.15) is 11.1 Å². The van der Waals surface area contributed by atoms with Crippen LogP contribution in [0.15, 0.2) is 18.2 Å². The van der Waals surface area contributed by atoms with Gasteiger partial charge in [0.25, 0.3) is 0 Å². The normalized spacial score (nSPS) is 21.1. The van der Waals surface area contributed by atoms with E-state index in [1.807, 2.05) is 11.9 Å². The van der Waals surface area contributed by atoms with Gasteiger partial charge in [0.2, 0.25) is 5.91 Å². The summed E-state index contributed by atoms with van der Waals surface area (Å²) < 4.78 is 13.0. The Morgan fingerprint density at radius 3 is 2.93 bits per heavy atom. The molecule has 15 heavy (non-hydrogen) atoms. The zero-order chi connectivity index (χ0) is 11.0. The van der Waals surface area contributed by atoms with Gasteiger partial charge in [0.1, 0.15) is 5.82 Å². The van der Waals surface area contributed by atoms with Crippen molar-refractivity contribution < 1.29 is 9.18 Å². The number of benzene rings is 1. The molecular formula is C11H13FN2O. The molecule has 0 aliphatic carbocycles. The average molecular weight is 208 g/mol. The SMILES string of the molecule is CN1Cc2ccc(F)cc2CC1C(N)=O. The van der Waals surface area contributed by atoms with Gasteiger partial charge in [-0.3, -0.25) is 9.69 Å². The van der Waals surface area contributed by atoms with Gasteiger partial charge in [-0.05, 0) is 36.7 Å². The number of likely N-dealkylation sites (N-methyl/N-ethyl adjacent to an activating group) is 1. The van der Waals surface area contributed by atoms with Crippen molar-refractivity contribution >= 4 is 5.91 Å². The molecule has 1 unspecified atom stereocenters. The van der Waals surface area contributed by atoms with Crippen molar-refractivity contribution in [2.45, 2.75) is 19.0 Å². The Hall–Kier alpha value is -1.42. The number of fused-ring (bicyclic) bond motifs is 1. The summed E-state index contributed by atoms with van der Waals surface area (Å²) in [5.74, 6) is -0.617. The third-order valence-electron chi connectivity index (χ3n) is 2.86.